The molecule has 2 aliphatic rings. The van der Waals surface area contributed by atoms with Gasteiger partial charge < -0.3 is 25.0 Å². The Balaban J connectivity index is 1.86. The number of phenols is 2. The van der Waals surface area contributed by atoms with Gasteiger partial charge in [0.2, 0.25) is 0 Å². The third-order valence-corrected chi connectivity index (χ3v) is 5.05. The maximum absolute atomic E-state index is 12.9. The van der Waals surface area contributed by atoms with Crippen molar-refractivity contribution in [3.8, 4) is 23.0 Å². The Morgan fingerprint density at radius 1 is 0.931 bits per heavy atom. The van der Waals surface area contributed by atoms with E-state index >= 15 is 0 Å². The van der Waals surface area contributed by atoms with Gasteiger partial charge in [-0.2, -0.15) is 0 Å². The fourth-order valence-electron chi connectivity index (χ4n) is 3.97. The van der Waals surface area contributed by atoms with Gasteiger partial charge in [0.25, 0.3) is 0 Å². The van der Waals surface area contributed by atoms with E-state index in [9.17, 15) is 19.8 Å². The minimum atomic E-state index is -1.40. The van der Waals surface area contributed by atoms with Crippen molar-refractivity contribution in [2.24, 2.45) is 0 Å². The predicted molar refractivity (Wildman–Crippen MR) is 100 cm³/mol. The van der Waals surface area contributed by atoms with Gasteiger partial charge in [-0.05, 0) is 30.3 Å². The second kappa shape index (κ2) is 5.65. The summed E-state index contributed by atoms with van der Waals surface area (Å²) < 4.78 is 11.8. The number of carbonyl (C=O) groups excluding carboxylic acids is 2. The molecule has 0 fully saturated rings. The van der Waals surface area contributed by atoms with Gasteiger partial charge in [-0.1, -0.05) is 12.1 Å². The molecule has 2 amide bonds. The van der Waals surface area contributed by atoms with Crippen LogP contribution in [0, 0.1) is 0 Å². The molecule has 8 heteroatoms. The monoisotopic (exact) mass is 389 g/mol. The van der Waals surface area contributed by atoms with Crippen molar-refractivity contribution in [3.05, 3.63) is 76.9 Å². The number of rotatable bonds is 1. The summed E-state index contributed by atoms with van der Waals surface area (Å²) in [5.41, 5.74) is 7.49. The Labute approximate surface area is 164 Å². The topological polar surface area (TPSA) is 129 Å². The van der Waals surface area contributed by atoms with Crippen molar-refractivity contribution in [1.29, 1.82) is 0 Å². The summed E-state index contributed by atoms with van der Waals surface area (Å²) in [6.07, 6.45) is 0. The zero-order chi connectivity index (χ0) is 20.3. The summed E-state index contributed by atoms with van der Waals surface area (Å²) in [5, 5.41) is 22.2. The number of hydrogen-bond donors (Lipinski definition) is 3. The van der Waals surface area contributed by atoms with Gasteiger partial charge in [-0.25, -0.2) is 15.3 Å². The molecule has 0 aromatic heterocycles. The number of amides is 2. The third kappa shape index (κ3) is 2.26. The lowest BCUT2D eigenvalue weighted by atomic mass is 9.77. The molecule has 0 saturated heterocycles. The van der Waals surface area contributed by atoms with E-state index in [1.54, 1.807) is 24.3 Å². The molecule has 2 aliphatic heterocycles. The number of urea groups is 1. The van der Waals surface area contributed by atoms with Crippen LogP contribution in [0.25, 0.3) is 0 Å². The fourth-order valence-corrected chi connectivity index (χ4v) is 3.97. The van der Waals surface area contributed by atoms with Crippen molar-refractivity contribution in [2.45, 2.75) is 5.60 Å². The van der Waals surface area contributed by atoms with Crippen LogP contribution in [0.1, 0.15) is 27.0 Å². The summed E-state index contributed by atoms with van der Waals surface area (Å²) in [5.74, 6) is -0.230. The Bertz CT molecular complexity index is 1170. The summed E-state index contributed by atoms with van der Waals surface area (Å²) in [6.45, 7) is 0. The van der Waals surface area contributed by atoms with Crippen LogP contribution < -0.4 is 15.8 Å². The number of carbonyl (C=O) groups is 2. The van der Waals surface area contributed by atoms with E-state index in [1.165, 1.54) is 30.3 Å². The van der Waals surface area contributed by atoms with E-state index in [0.717, 1.165) is 0 Å². The van der Waals surface area contributed by atoms with Gasteiger partial charge in [0.05, 0.1) is 11.3 Å². The van der Waals surface area contributed by atoms with Crippen LogP contribution in [0.4, 0.5) is 10.5 Å². The van der Waals surface area contributed by atoms with E-state index in [0.29, 0.717) is 16.7 Å². The van der Waals surface area contributed by atoms with E-state index in [-0.39, 0.29) is 34.2 Å². The molecule has 143 valence electrons. The summed E-state index contributed by atoms with van der Waals surface area (Å²) in [7, 11) is 0. The highest BCUT2D eigenvalue weighted by molar-refractivity contribution is 6.05. The summed E-state index contributed by atoms with van der Waals surface area (Å²) in [6, 6.07) is 12.7. The molecule has 0 unspecified atom stereocenters. The minimum absolute atomic E-state index is 0.0396. The van der Waals surface area contributed by atoms with Crippen LogP contribution in [0.5, 0.6) is 23.0 Å². The molecule has 0 bridgehead atoms. The quantitative estimate of drug-likeness (QED) is 0.547. The predicted octanol–water partition coefficient (Wildman–Crippen LogP) is 3.48. The second-order valence-corrected chi connectivity index (χ2v) is 6.72. The molecule has 1 radical (unpaired) electrons. The van der Waals surface area contributed by atoms with Crippen molar-refractivity contribution in [2.75, 3.05) is 5.32 Å². The van der Waals surface area contributed by atoms with Crippen LogP contribution in [0.15, 0.2) is 54.6 Å². The molecular weight excluding hydrogens is 376 g/mol. The second-order valence-electron chi connectivity index (χ2n) is 6.72. The average molecular weight is 389 g/mol. The summed E-state index contributed by atoms with van der Waals surface area (Å²) in [4.78, 5) is 24.2. The molecule has 1 spiro atoms. The Morgan fingerprint density at radius 2 is 1.55 bits per heavy atom. The number of nitrogens with one attached hydrogen (secondary N) is 2. The van der Waals surface area contributed by atoms with Gasteiger partial charge in [0.1, 0.15) is 23.0 Å². The van der Waals surface area contributed by atoms with E-state index < -0.39 is 17.6 Å². The van der Waals surface area contributed by atoms with Gasteiger partial charge in [0, 0.05) is 28.8 Å². The van der Waals surface area contributed by atoms with Crippen LogP contribution in [-0.4, -0.2) is 22.2 Å². The van der Waals surface area contributed by atoms with Gasteiger partial charge in [-0.15, -0.1) is 0 Å². The number of hydrogen-bond acceptors (Lipinski definition) is 6. The molecule has 0 aliphatic carbocycles. The lowest BCUT2D eigenvalue weighted by molar-refractivity contribution is 0.0224. The number of ether oxygens (including phenoxy) is 2. The zero-order valence-corrected chi connectivity index (χ0v) is 14.7. The Hall–Kier alpha value is -4.20. The molecule has 2 heterocycles. The molecule has 0 saturated carbocycles. The highest BCUT2D eigenvalue weighted by atomic mass is 16.6. The van der Waals surface area contributed by atoms with Crippen LogP contribution in [0.3, 0.4) is 0 Å². The molecule has 4 N–H and O–H groups in total. The van der Waals surface area contributed by atoms with Crippen molar-refractivity contribution < 1.29 is 29.3 Å². The SMILES string of the molecule is [NH]C(=O)Nc1cccc2c1C(=O)OC21c2ccc(O)cc2Oc2cc(O)ccc21. The Morgan fingerprint density at radius 3 is 2.14 bits per heavy atom. The molecule has 8 nitrogen and oxygen atoms in total. The van der Waals surface area contributed by atoms with Gasteiger partial charge in [-0.3, -0.25) is 0 Å². The minimum Gasteiger partial charge on any atom is -0.508 e. The van der Waals surface area contributed by atoms with Crippen molar-refractivity contribution in [1.82, 2.24) is 5.73 Å². The highest BCUT2D eigenvalue weighted by Gasteiger charge is 2.54. The first kappa shape index (κ1) is 16.9. The van der Waals surface area contributed by atoms with Gasteiger partial charge >= 0.3 is 12.0 Å². The lowest BCUT2D eigenvalue weighted by Gasteiger charge is -2.36. The smallest absolute Gasteiger partial charge is 0.342 e. The molecular formula is C21H13N2O6. The van der Waals surface area contributed by atoms with Gasteiger partial charge in [0.15, 0.2) is 5.60 Å². The number of anilines is 1. The number of fused-ring (bicyclic) bond motifs is 6. The highest BCUT2D eigenvalue weighted by Crippen LogP contribution is 2.57. The first-order valence-electron chi connectivity index (χ1n) is 8.64. The molecule has 29 heavy (non-hydrogen) atoms. The molecule has 0 atom stereocenters. The van der Waals surface area contributed by atoms with Crippen LogP contribution in [-0.2, 0) is 10.3 Å². The van der Waals surface area contributed by atoms with E-state index in [2.05, 4.69) is 5.32 Å². The number of esters is 1. The maximum atomic E-state index is 12.9. The van der Waals surface area contributed by atoms with Crippen molar-refractivity contribution >= 4 is 17.7 Å². The number of aromatic hydroxyl groups is 2. The van der Waals surface area contributed by atoms with Crippen molar-refractivity contribution in [3.63, 3.8) is 0 Å². The molecule has 3 aromatic carbocycles. The summed E-state index contributed by atoms with van der Waals surface area (Å²) >= 11 is 0. The van der Waals surface area contributed by atoms with Crippen LogP contribution >= 0.6 is 0 Å². The first-order chi connectivity index (χ1) is 13.9. The standard InChI is InChI=1S/C21H13N2O6/c22-20(27)23-15-3-1-2-14-18(15)19(26)29-21(14)12-6-4-10(24)8-16(12)28-17-9-11(25)5-7-13(17)21/h1-9,22,24-25H,(H,23,27). The zero-order valence-electron chi connectivity index (χ0n) is 14.7. The normalized spacial score (nSPS) is 15.0. The Kier molecular flexibility index (Phi) is 3.30. The number of phenolic OH excluding ortho intramolecular Hbond substituents is 2. The molecule has 5 rings (SSSR count). The fraction of sp³-hybridized carbons (Fsp3) is 0.0476. The first-order valence-corrected chi connectivity index (χ1v) is 8.64. The number of benzene rings is 3. The van der Waals surface area contributed by atoms with E-state index in [1.807, 2.05) is 0 Å². The maximum Gasteiger partial charge on any atom is 0.342 e. The largest absolute Gasteiger partial charge is 0.508 e. The van der Waals surface area contributed by atoms with Crippen LogP contribution in [0.2, 0.25) is 0 Å². The molecule has 3 aromatic rings. The third-order valence-electron chi connectivity index (χ3n) is 5.05. The van der Waals surface area contributed by atoms with E-state index in [4.69, 9.17) is 15.2 Å². The lowest BCUT2D eigenvalue weighted by Crippen LogP contribution is -2.32. The average Bonchev–Trinajstić information content (AvgIpc) is 2.95.